The summed E-state index contributed by atoms with van der Waals surface area (Å²) in [4.78, 5) is 14.5. The highest BCUT2D eigenvalue weighted by atomic mass is 32.1. The van der Waals surface area contributed by atoms with Crippen LogP contribution in [0.2, 0.25) is 0 Å². The normalized spacial score (nSPS) is 17.8. The van der Waals surface area contributed by atoms with E-state index in [9.17, 15) is 4.79 Å². The number of thiocarbonyl (C=S) groups is 1. The first kappa shape index (κ1) is 13.0. The minimum atomic E-state index is 0.0927. The number of nitrogens with zero attached hydrogens (tertiary/aromatic N) is 1. The minimum absolute atomic E-state index is 0.0927. The molecular weight excluding hydrogens is 244 g/mol. The Hall–Kier alpha value is -1.42. The van der Waals surface area contributed by atoms with Crippen molar-refractivity contribution in [2.24, 2.45) is 11.1 Å². The summed E-state index contributed by atoms with van der Waals surface area (Å²) < 4.78 is 0. The van der Waals surface area contributed by atoms with Crippen molar-refractivity contribution < 1.29 is 4.79 Å². The Morgan fingerprint density at radius 2 is 1.83 bits per heavy atom. The predicted molar refractivity (Wildman–Crippen MR) is 76.6 cm³/mol. The first-order valence-corrected chi connectivity index (χ1v) is 6.49. The fourth-order valence-electron chi connectivity index (χ4n) is 2.25. The number of amides is 1. The van der Waals surface area contributed by atoms with Crippen LogP contribution in [0.3, 0.4) is 0 Å². The Morgan fingerprint density at radius 3 is 2.28 bits per heavy atom. The van der Waals surface area contributed by atoms with Crippen molar-refractivity contribution in [3.63, 3.8) is 0 Å². The van der Waals surface area contributed by atoms with E-state index < -0.39 is 0 Å². The Kier molecular flexibility index (Phi) is 3.39. The lowest BCUT2D eigenvalue weighted by Crippen LogP contribution is -2.30. The second kappa shape index (κ2) is 4.69. The van der Waals surface area contributed by atoms with Crippen LogP contribution in [0, 0.1) is 5.41 Å². The number of hydrogen-bond acceptors (Lipinski definition) is 2. The SMILES string of the molecule is CC1(C)CCN(C(=O)c2ccc(C(N)=S)cc2)C1. The number of rotatable bonds is 2. The second-order valence-electron chi connectivity index (χ2n) is 5.58. The van der Waals surface area contributed by atoms with E-state index in [1.807, 2.05) is 4.90 Å². The highest BCUT2D eigenvalue weighted by molar-refractivity contribution is 7.80. The van der Waals surface area contributed by atoms with Gasteiger partial charge in [-0.3, -0.25) is 4.79 Å². The Labute approximate surface area is 113 Å². The molecule has 0 saturated carbocycles. The van der Waals surface area contributed by atoms with Crippen LogP contribution in [-0.2, 0) is 0 Å². The third kappa shape index (κ3) is 2.70. The zero-order valence-corrected chi connectivity index (χ0v) is 11.6. The molecule has 4 heteroatoms. The maximum absolute atomic E-state index is 12.3. The van der Waals surface area contributed by atoms with Gasteiger partial charge in [0.25, 0.3) is 5.91 Å². The Morgan fingerprint density at radius 1 is 1.28 bits per heavy atom. The molecule has 0 bridgehead atoms. The molecule has 1 aromatic rings. The van der Waals surface area contributed by atoms with Crippen LogP contribution in [0.1, 0.15) is 36.2 Å². The van der Waals surface area contributed by atoms with Crippen molar-refractivity contribution in [1.29, 1.82) is 0 Å². The fourth-order valence-corrected chi connectivity index (χ4v) is 2.38. The van der Waals surface area contributed by atoms with Gasteiger partial charge in [-0.15, -0.1) is 0 Å². The summed E-state index contributed by atoms with van der Waals surface area (Å²) in [5.41, 5.74) is 7.26. The van der Waals surface area contributed by atoms with Crippen molar-refractivity contribution in [2.75, 3.05) is 13.1 Å². The minimum Gasteiger partial charge on any atom is -0.389 e. The Bertz CT molecular complexity index is 479. The predicted octanol–water partition coefficient (Wildman–Crippen LogP) is 2.19. The van der Waals surface area contributed by atoms with E-state index in [2.05, 4.69) is 13.8 Å². The smallest absolute Gasteiger partial charge is 0.253 e. The van der Waals surface area contributed by atoms with Gasteiger partial charge in [-0.2, -0.15) is 0 Å². The molecule has 1 saturated heterocycles. The van der Waals surface area contributed by atoms with Gasteiger partial charge in [-0.25, -0.2) is 0 Å². The van der Waals surface area contributed by atoms with Gasteiger partial charge in [0, 0.05) is 24.2 Å². The van der Waals surface area contributed by atoms with Gasteiger partial charge >= 0.3 is 0 Å². The number of likely N-dealkylation sites (tertiary alicyclic amines) is 1. The van der Waals surface area contributed by atoms with E-state index in [0.717, 1.165) is 25.1 Å². The molecule has 96 valence electrons. The maximum atomic E-state index is 12.3. The van der Waals surface area contributed by atoms with Crippen LogP contribution in [0.4, 0.5) is 0 Å². The highest BCUT2D eigenvalue weighted by Crippen LogP contribution is 2.29. The Balaban J connectivity index is 2.12. The molecule has 0 radical (unpaired) electrons. The van der Waals surface area contributed by atoms with Crippen LogP contribution in [0.5, 0.6) is 0 Å². The molecule has 0 aromatic heterocycles. The molecule has 0 atom stereocenters. The molecule has 1 amide bonds. The largest absolute Gasteiger partial charge is 0.389 e. The number of benzene rings is 1. The summed E-state index contributed by atoms with van der Waals surface area (Å²) in [5.74, 6) is 0.0927. The molecule has 0 spiro atoms. The first-order valence-electron chi connectivity index (χ1n) is 6.08. The zero-order chi connectivity index (χ0) is 13.3. The number of nitrogens with two attached hydrogens (primary N) is 1. The second-order valence-corrected chi connectivity index (χ2v) is 6.02. The van der Waals surface area contributed by atoms with Gasteiger partial charge in [0.15, 0.2) is 0 Å². The third-order valence-electron chi connectivity index (χ3n) is 3.38. The third-order valence-corrected chi connectivity index (χ3v) is 3.62. The van der Waals surface area contributed by atoms with Crippen LogP contribution < -0.4 is 5.73 Å². The van der Waals surface area contributed by atoms with Gasteiger partial charge in [0.2, 0.25) is 0 Å². The van der Waals surface area contributed by atoms with Crippen LogP contribution in [0.15, 0.2) is 24.3 Å². The molecule has 3 nitrogen and oxygen atoms in total. The van der Waals surface area contributed by atoms with Crippen molar-refractivity contribution in [3.8, 4) is 0 Å². The lowest BCUT2D eigenvalue weighted by atomic mass is 9.93. The standard InChI is InChI=1S/C14H18N2OS/c1-14(2)7-8-16(9-14)13(17)11-5-3-10(4-6-11)12(15)18/h3-6H,7-9H2,1-2H3,(H2,15,18). The van der Waals surface area contributed by atoms with E-state index in [1.54, 1.807) is 24.3 Å². The van der Waals surface area contributed by atoms with Crippen molar-refractivity contribution in [3.05, 3.63) is 35.4 Å². The van der Waals surface area contributed by atoms with Gasteiger partial charge in [0.1, 0.15) is 4.99 Å². The maximum Gasteiger partial charge on any atom is 0.253 e. The molecule has 1 fully saturated rings. The number of carbonyl (C=O) groups excluding carboxylic acids is 1. The van der Waals surface area contributed by atoms with E-state index in [4.69, 9.17) is 18.0 Å². The van der Waals surface area contributed by atoms with Gasteiger partial charge in [0.05, 0.1) is 0 Å². The summed E-state index contributed by atoms with van der Waals surface area (Å²) in [6, 6.07) is 7.19. The van der Waals surface area contributed by atoms with Crippen LogP contribution in [0.25, 0.3) is 0 Å². The number of hydrogen-bond donors (Lipinski definition) is 1. The van der Waals surface area contributed by atoms with Crippen molar-refractivity contribution in [2.45, 2.75) is 20.3 Å². The molecule has 2 N–H and O–H groups in total. The lowest BCUT2D eigenvalue weighted by Gasteiger charge is -2.20. The van der Waals surface area contributed by atoms with Gasteiger partial charge in [-0.1, -0.05) is 38.2 Å². The van der Waals surface area contributed by atoms with E-state index >= 15 is 0 Å². The summed E-state index contributed by atoms with van der Waals surface area (Å²) >= 11 is 4.89. The topological polar surface area (TPSA) is 46.3 Å². The molecule has 1 aromatic carbocycles. The van der Waals surface area contributed by atoms with E-state index in [1.165, 1.54) is 0 Å². The number of carbonyl (C=O) groups is 1. The molecule has 1 aliphatic heterocycles. The summed E-state index contributed by atoms with van der Waals surface area (Å²) in [6.07, 6.45) is 1.06. The molecule has 0 aliphatic carbocycles. The molecular formula is C14H18N2OS. The quantitative estimate of drug-likeness (QED) is 0.831. The highest BCUT2D eigenvalue weighted by Gasteiger charge is 2.32. The van der Waals surface area contributed by atoms with Gasteiger partial charge in [-0.05, 0) is 24.0 Å². The van der Waals surface area contributed by atoms with E-state index in [-0.39, 0.29) is 11.3 Å². The molecule has 1 aliphatic rings. The molecule has 18 heavy (non-hydrogen) atoms. The van der Waals surface area contributed by atoms with Crippen molar-refractivity contribution >= 4 is 23.1 Å². The first-order chi connectivity index (χ1) is 8.39. The monoisotopic (exact) mass is 262 g/mol. The van der Waals surface area contributed by atoms with Crippen LogP contribution >= 0.6 is 12.2 Å². The average molecular weight is 262 g/mol. The van der Waals surface area contributed by atoms with E-state index in [0.29, 0.717) is 10.6 Å². The summed E-state index contributed by atoms with van der Waals surface area (Å²) in [5, 5.41) is 0. The summed E-state index contributed by atoms with van der Waals surface area (Å²) in [7, 11) is 0. The van der Waals surface area contributed by atoms with Crippen LogP contribution in [-0.4, -0.2) is 28.9 Å². The fraction of sp³-hybridized carbons (Fsp3) is 0.429. The summed E-state index contributed by atoms with van der Waals surface area (Å²) in [6.45, 7) is 6.04. The molecule has 0 unspecified atom stereocenters. The lowest BCUT2D eigenvalue weighted by molar-refractivity contribution is 0.0778. The zero-order valence-electron chi connectivity index (χ0n) is 10.8. The molecule has 1 heterocycles. The van der Waals surface area contributed by atoms with Crippen molar-refractivity contribution in [1.82, 2.24) is 4.90 Å². The van der Waals surface area contributed by atoms with Gasteiger partial charge < -0.3 is 10.6 Å². The average Bonchev–Trinajstić information content (AvgIpc) is 2.69. The molecule has 2 rings (SSSR count).